The molecule has 0 spiro atoms. The Hall–Kier alpha value is -0.200. The fourth-order valence-corrected chi connectivity index (χ4v) is 3.90. The van der Waals surface area contributed by atoms with Gasteiger partial charge in [0, 0.05) is 12.6 Å². The summed E-state index contributed by atoms with van der Waals surface area (Å²) in [5.74, 6) is 0.546. The van der Waals surface area contributed by atoms with E-state index in [-0.39, 0.29) is 11.7 Å². The van der Waals surface area contributed by atoms with Crippen LogP contribution in [0.3, 0.4) is 0 Å². The molecule has 2 aliphatic rings. The Morgan fingerprint density at radius 1 is 1.59 bits per heavy atom. The van der Waals surface area contributed by atoms with E-state index in [9.17, 15) is 0 Å². The molecule has 0 radical (unpaired) electrons. The average molecular weight is 257 g/mol. The van der Waals surface area contributed by atoms with Crippen LogP contribution in [0.15, 0.2) is 0 Å². The van der Waals surface area contributed by atoms with Gasteiger partial charge in [0.25, 0.3) is 0 Å². The first-order valence-corrected chi connectivity index (χ1v) is 7.85. The number of hydrogen-bond donors (Lipinski definition) is 0. The van der Waals surface area contributed by atoms with E-state index in [2.05, 4.69) is 11.8 Å². The molecular weight excluding hydrogens is 237 g/mol. The van der Waals surface area contributed by atoms with E-state index in [4.69, 9.17) is 20.4 Å². The van der Waals surface area contributed by atoms with E-state index in [1.165, 1.54) is 6.42 Å². The van der Waals surface area contributed by atoms with Crippen molar-refractivity contribution < 1.29 is 13.8 Å². The Morgan fingerprint density at radius 2 is 2.41 bits per heavy atom. The molecule has 0 N–H and O–H groups in total. The van der Waals surface area contributed by atoms with Crippen molar-refractivity contribution in [3.05, 3.63) is 11.4 Å². The van der Waals surface area contributed by atoms with Crippen molar-refractivity contribution in [2.75, 3.05) is 26.4 Å². The third kappa shape index (κ3) is 2.63. The Kier molecular flexibility index (Phi) is 4.38. The van der Waals surface area contributed by atoms with Gasteiger partial charge in [0.1, 0.15) is 6.61 Å². The number of hydrogen-bond acceptors (Lipinski definition) is 3. The van der Waals surface area contributed by atoms with Crippen molar-refractivity contribution in [2.45, 2.75) is 37.9 Å². The van der Waals surface area contributed by atoms with E-state index in [0.717, 1.165) is 19.4 Å². The predicted molar refractivity (Wildman–Crippen MR) is 66.8 cm³/mol. The van der Waals surface area contributed by atoms with Crippen LogP contribution < -0.4 is 0 Å². The van der Waals surface area contributed by atoms with Crippen molar-refractivity contribution in [1.82, 2.24) is 0 Å². The summed E-state index contributed by atoms with van der Waals surface area (Å²) in [5.41, 5.74) is -0.0512. The molecule has 1 saturated carbocycles. The summed E-state index contributed by atoms with van der Waals surface area (Å²) in [6, 6.07) is 0. The SMILES string of the molecule is [C-]#[N+]CCOP(C)OC1C2CCC1(CC)OC2. The Balaban J connectivity index is 1.84. The van der Waals surface area contributed by atoms with Crippen molar-refractivity contribution in [2.24, 2.45) is 5.92 Å². The minimum absolute atomic E-state index is 0.0512. The van der Waals surface area contributed by atoms with Crippen molar-refractivity contribution >= 4 is 8.38 Å². The Morgan fingerprint density at radius 3 is 3.00 bits per heavy atom. The molecule has 4 unspecified atom stereocenters. The summed E-state index contributed by atoms with van der Waals surface area (Å²) in [6.07, 6.45) is 3.55. The van der Waals surface area contributed by atoms with Crippen molar-refractivity contribution in [3.8, 4) is 0 Å². The molecule has 5 heteroatoms. The zero-order valence-electron chi connectivity index (χ0n) is 10.5. The molecule has 1 heterocycles. The van der Waals surface area contributed by atoms with E-state index in [1.54, 1.807) is 0 Å². The number of fused-ring (bicyclic) bond motifs is 2. The number of ether oxygens (including phenoxy) is 1. The molecule has 4 nitrogen and oxygen atoms in total. The molecule has 2 fully saturated rings. The van der Waals surface area contributed by atoms with Crippen LogP contribution in [0.5, 0.6) is 0 Å². The predicted octanol–water partition coefficient (Wildman–Crippen LogP) is 2.84. The summed E-state index contributed by atoms with van der Waals surface area (Å²) >= 11 is 0. The Labute approximate surface area is 104 Å². The fraction of sp³-hybridized carbons (Fsp3) is 0.917. The third-order valence-electron chi connectivity index (χ3n) is 3.81. The summed E-state index contributed by atoms with van der Waals surface area (Å²) in [7, 11) is -0.877. The maximum absolute atomic E-state index is 6.70. The second-order valence-corrected chi connectivity index (χ2v) is 6.06. The molecule has 1 saturated heterocycles. The highest BCUT2D eigenvalue weighted by molar-refractivity contribution is 7.46. The monoisotopic (exact) mass is 257 g/mol. The lowest BCUT2D eigenvalue weighted by molar-refractivity contribution is -0.0524. The van der Waals surface area contributed by atoms with Gasteiger partial charge in [-0.05, 0) is 19.3 Å². The van der Waals surface area contributed by atoms with E-state index < -0.39 is 8.38 Å². The summed E-state index contributed by atoms with van der Waals surface area (Å²) in [5, 5.41) is 0. The van der Waals surface area contributed by atoms with Crippen molar-refractivity contribution in [3.63, 3.8) is 0 Å². The summed E-state index contributed by atoms with van der Waals surface area (Å²) in [4.78, 5) is 3.27. The molecule has 2 bridgehead atoms. The molecular formula is C12H20NO3P. The van der Waals surface area contributed by atoms with Crippen LogP contribution in [-0.4, -0.2) is 38.1 Å². The molecule has 1 aliphatic heterocycles. The van der Waals surface area contributed by atoms with Gasteiger partial charge >= 0.3 is 0 Å². The second-order valence-electron chi connectivity index (χ2n) is 4.71. The molecule has 0 amide bonds. The van der Waals surface area contributed by atoms with Gasteiger partial charge in [-0.25, -0.2) is 6.57 Å². The molecule has 96 valence electrons. The van der Waals surface area contributed by atoms with Crippen LogP contribution >= 0.6 is 8.38 Å². The van der Waals surface area contributed by atoms with Crippen LogP contribution in [0.25, 0.3) is 4.85 Å². The maximum Gasteiger partial charge on any atom is 0.238 e. The van der Waals surface area contributed by atoms with Crippen LogP contribution in [0.1, 0.15) is 26.2 Å². The third-order valence-corrected chi connectivity index (χ3v) is 4.88. The van der Waals surface area contributed by atoms with Crippen molar-refractivity contribution in [1.29, 1.82) is 0 Å². The lowest BCUT2D eigenvalue weighted by atomic mass is 9.97. The van der Waals surface area contributed by atoms with Gasteiger partial charge in [-0.1, -0.05) is 6.92 Å². The normalized spacial score (nSPS) is 37.0. The molecule has 2 rings (SSSR count). The minimum atomic E-state index is -0.877. The minimum Gasteiger partial charge on any atom is -0.372 e. The first kappa shape index (κ1) is 13.2. The largest absolute Gasteiger partial charge is 0.372 e. The number of nitrogens with zero attached hydrogens (tertiary/aromatic N) is 1. The lowest BCUT2D eigenvalue weighted by Crippen LogP contribution is -2.36. The summed E-state index contributed by atoms with van der Waals surface area (Å²) < 4.78 is 17.5. The molecule has 0 aromatic carbocycles. The van der Waals surface area contributed by atoms with E-state index in [1.807, 2.05) is 6.66 Å². The number of rotatable bonds is 6. The first-order chi connectivity index (χ1) is 8.22. The van der Waals surface area contributed by atoms with Gasteiger partial charge in [-0.3, -0.25) is 0 Å². The maximum atomic E-state index is 6.70. The average Bonchev–Trinajstić information content (AvgIpc) is 2.85. The van der Waals surface area contributed by atoms with Gasteiger partial charge in [0.05, 0.1) is 18.3 Å². The highest BCUT2D eigenvalue weighted by Crippen LogP contribution is 2.52. The topological polar surface area (TPSA) is 32.0 Å². The summed E-state index contributed by atoms with van der Waals surface area (Å²) in [6.45, 7) is 12.6. The van der Waals surface area contributed by atoms with Crippen LogP contribution in [0, 0.1) is 12.5 Å². The molecule has 0 aromatic heterocycles. The van der Waals surface area contributed by atoms with E-state index >= 15 is 0 Å². The van der Waals surface area contributed by atoms with E-state index in [0.29, 0.717) is 19.1 Å². The standard InChI is InChI=1S/C12H20NO3P/c1-4-12-6-5-10(9-14-12)11(12)16-17(3)15-8-7-13-2/h10-11H,4-9H2,1,3H3. The highest BCUT2D eigenvalue weighted by Gasteiger charge is 2.55. The molecule has 4 atom stereocenters. The second kappa shape index (κ2) is 5.63. The molecule has 1 aliphatic carbocycles. The van der Waals surface area contributed by atoms with Crippen LogP contribution in [-0.2, 0) is 13.8 Å². The van der Waals surface area contributed by atoms with Gasteiger partial charge < -0.3 is 18.6 Å². The quantitative estimate of drug-likeness (QED) is 0.416. The van der Waals surface area contributed by atoms with Gasteiger partial charge in [0.15, 0.2) is 8.38 Å². The fourth-order valence-electron chi connectivity index (χ4n) is 2.82. The zero-order valence-corrected chi connectivity index (χ0v) is 11.4. The first-order valence-electron chi connectivity index (χ1n) is 6.22. The van der Waals surface area contributed by atoms with Gasteiger partial charge in [-0.2, -0.15) is 0 Å². The van der Waals surface area contributed by atoms with Gasteiger partial charge in [-0.15, -0.1) is 0 Å². The van der Waals surface area contributed by atoms with Crippen LogP contribution in [0.2, 0.25) is 0 Å². The highest BCUT2D eigenvalue weighted by atomic mass is 31.2. The molecule has 0 aromatic rings. The lowest BCUT2D eigenvalue weighted by Gasteiger charge is -2.30. The van der Waals surface area contributed by atoms with Crippen LogP contribution in [0.4, 0.5) is 0 Å². The smallest absolute Gasteiger partial charge is 0.238 e. The molecule has 17 heavy (non-hydrogen) atoms. The van der Waals surface area contributed by atoms with Gasteiger partial charge in [0.2, 0.25) is 6.54 Å². The zero-order chi connectivity index (χ0) is 12.3. The Bertz CT molecular complexity index is 297.